The first kappa shape index (κ1) is 15.7. The lowest BCUT2D eigenvalue weighted by Gasteiger charge is -2.11. The number of carbonyl (C=O) groups is 2. The van der Waals surface area contributed by atoms with E-state index in [0.29, 0.717) is 4.91 Å². The summed E-state index contributed by atoms with van der Waals surface area (Å²) >= 11 is 0.885. The second-order valence-corrected chi connectivity index (χ2v) is 6.75. The number of imide groups is 1. The molecule has 0 radical (unpaired) electrons. The summed E-state index contributed by atoms with van der Waals surface area (Å²) in [5.41, 5.74) is 3.25. The summed E-state index contributed by atoms with van der Waals surface area (Å²) < 4.78 is 0. The standard InChI is InChI=1S/C19H14N2O3S/c22-17(11-4-2-1-3-5-11)12-6-7-15-13(8-12)9-14(20-15)10-16-18(23)21-19(24)25-16/h1-10,17,20,22H,(H,21,23,24). The van der Waals surface area contributed by atoms with Crippen LogP contribution in [-0.2, 0) is 4.79 Å². The first-order valence-electron chi connectivity index (χ1n) is 7.71. The van der Waals surface area contributed by atoms with E-state index in [9.17, 15) is 14.7 Å². The smallest absolute Gasteiger partial charge is 0.290 e. The van der Waals surface area contributed by atoms with Gasteiger partial charge >= 0.3 is 0 Å². The van der Waals surface area contributed by atoms with Gasteiger partial charge in [0.2, 0.25) is 0 Å². The maximum atomic E-state index is 11.6. The summed E-state index contributed by atoms with van der Waals surface area (Å²) in [4.78, 5) is 26.4. The molecule has 0 aliphatic carbocycles. The number of thioether (sulfide) groups is 1. The molecular weight excluding hydrogens is 336 g/mol. The predicted molar refractivity (Wildman–Crippen MR) is 97.9 cm³/mol. The minimum Gasteiger partial charge on any atom is -0.384 e. The molecule has 1 aliphatic rings. The summed E-state index contributed by atoms with van der Waals surface area (Å²) in [7, 11) is 0. The van der Waals surface area contributed by atoms with Crippen molar-refractivity contribution >= 4 is 39.9 Å². The van der Waals surface area contributed by atoms with Crippen LogP contribution in [0, 0.1) is 0 Å². The van der Waals surface area contributed by atoms with Gasteiger partial charge in [0.15, 0.2) is 0 Å². The van der Waals surface area contributed by atoms with Crippen molar-refractivity contribution in [3.8, 4) is 0 Å². The Morgan fingerprint density at radius 1 is 1.00 bits per heavy atom. The van der Waals surface area contributed by atoms with Crippen molar-refractivity contribution in [1.29, 1.82) is 0 Å². The van der Waals surface area contributed by atoms with Gasteiger partial charge in [-0.05, 0) is 47.2 Å². The molecule has 25 heavy (non-hydrogen) atoms. The van der Waals surface area contributed by atoms with Gasteiger partial charge in [-0.1, -0.05) is 36.4 Å². The molecule has 1 aliphatic heterocycles. The summed E-state index contributed by atoms with van der Waals surface area (Å²) in [6.07, 6.45) is 0.953. The van der Waals surface area contributed by atoms with E-state index in [1.54, 1.807) is 6.08 Å². The average molecular weight is 350 g/mol. The first-order chi connectivity index (χ1) is 12.1. The Labute approximate surface area is 147 Å². The van der Waals surface area contributed by atoms with Crippen molar-refractivity contribution < 1.29 is 14.7 Å². The highest BCUT2D eigenvalue weighted by atomic mass is 32.2. The Balaban J connectivity index is 1.67. The minimum atomic E-state index is -0.698. The van der Waals surface area contributed by atoms with Crippen LogP contribution in [-0.4, -0.2) is 21.2 Å². The van der Waals surface area contributed by atoms with E-state index < -0.39 is 6.10 Å². The van der Waals surface area contributed by atoms with Gasteiger partial charge in [0.05, 0.1) is 4.91 Å². The largest absolute Gasteiger partial charge is 0.384 e. The maximum absolute atomic E-state index is 11.6. The molecule has 0 saturated carbocycles. The van der Waals surface area contributed by atoms with E-state index in [0.717, 1.165) is 39.5 Å². The highest BCUT2D eigenvalue weighted by Crippen LogP contribution is 2.29. The predicted octanol–water partition coefficient (Wildman–Crippen LogP) is 3.57. The lowest BCUT2D eigenvalue weighted by atomic mass is 10.0. The van der Waals surface area contributed by atoms with E-state index in [-0.39, 0.29) is 11.1 Å². The monoisotopic (exact) mass is 350 g/mol. The van der Waals surface area contributed by atoms with Crippen LogP contribution in [0.5, 0.6) is 0 Å². The third-order valence-corrected chi connectivity index (χ3v) is 4.84. The van der Waals surface area contributed by atoms with E-state index >= 15 is 0 Å². The highest BCUT2D eigenvalue weighted by Gasteiger charge is 2.25. The normalized spacial score (nSPS) is 17.2. The number of H-pyrrole nitrogens is 1. The molecule has 1 unspecified atom stereocenters. The van der Waals surface area contributed by atoms with Crippen LogP contribution in [0.3, 0.4) is 0 Å². The molecule has 1 saturated heterocycles. The molecule has 3 aromatic rings. The number of nitrogens with one attached hydrogen (secondary N) is 2. The van der Waals surface area contributed by atoms with Crippen LogP contribution in [0.25, 0.3) is 17.0 Å². The summed E-state index contributed by atoms with van der Waals surface area (Å²) in [5, 5.41) is 13.3. The molecule has 1 atom stereocenters. The van der Waals surface area contributed by atoms with Crippen molar-refractivity contribution in [2.45, 2.75) is 6.10 Å². The molecule has 124 valence electrons. The molecule has 2 aromatic carbocycles. The van der Waals surface area contributed by atoms with Gasteiger partial charge in [-0.25, -0.2) is 0 Å². The molecular formula is C19H14N2O3S. The molecule has 6 heteroatoms. The SMILES string of the molecule is O=C1NC(=O)C(=Cc2cc3cc(C(O)c4ccccc4)ccc3[nH]2)S1. The van der Waals surface area contributed by atoms with Crippen molar-refractivity contribution in [2.75, 3.05) is 0 Å². The van der Waals surface area contributed by atoms with Crippen LogP contribution in [0.4, 0.5) is 4.79 Å². The van der Waals surface area contributed by atoms with Crippen molar-refractivity contribution in [2.24, 2.45) is 0 Å². The fourth-order valence-electron chi connectivity index (χ4n) is 2.81. The average Bonchev–Trinajstić information content (AvgIpc) is 3.16. The fourth-order valence-corrected chi connectivity index (χ4v) is 3.48. The Morgan fingerprint density at radius 3 is 2.52 bits per heavy atom. The molecule has 1 aromatic heterocycles. The second-order valence-electron chi connectivity index (χ2n) is 5.74. The Bertz CT molecular complexity index is 1010. The number of carbonyl (C=O) groups excluding carboxylic acids is 2. The maximum Gasteiger partial charge on any atom is 0.290 e. The van der Waals surface area contributed by atoms with Gasteiger partial charge in [-0.2, -0.15) is 0 Å². The van der Waals surface area contributed by atoms with Crippen molar-refractivity contribution in [3.05, 3.63) is 76.3 Å². The van der Waals surface area contributed by atoms with Crippen molar-refractivity contribution in [1.82, 2.24) is 10.3 Å². The number of aliphatic hydroxyl groups excluding tert-OH is 1. The van der Waals surface area contributed by atoms with Crippen LogP contribution in [0.1, 0.15) is 22.9 Å². The summed E-state index contributed by atoms with van der Waals surface area (Å²) in [6.45, 7) is 0. The topological polar surface area (TPSA) is 82.2 Å². The third-order valence-electron chi connectivity index (χ3n) is 4.03. The number of fused-ring (bicyclic) bond motifs is 1. The first-order valence-corrected chi connectivity index (χ1v) is 8.52. The lowest BCUT2D eigenvalue weighted by Crippen LogP contribution is -2.17. The van der Waals surface area contributed by atoms with Gasteiger partial charge in [0.25, 0.3) is 11.1 Å². The second kappa shape index (κ2) is 6.23. The van der Waals surface area contributed by atoms with Crippen LogP contribution >= 0.6 is 11.8 Å². The number of rotatable bonds is 3. The summed E-state index contributed by atoms with van der Waals surface area (Å²) in [6, 6.07) is 17.0. The Hall–Kier alpha value is -2.83. The lowest BCUT2D eigenvalue weighted by molar-refractivity contribution is -0.115. The zero-order valence-electron chi connectivity index (χ0n) is 13.0. The van der Waals surface area contributed by atoms with Crippen LogP contribution in [0.15, 0.2) is 59.5 Å². The zero-order valence-corrected chi connectivity index (χ0v) is 13.8. The molecule has 0 spiro atoms. The van der Waals surface area contributed by atoms with Crippen LogP contribution in [0.2, 0.25) is 0 Å². The van der Waals surface area contributed by atoms with E-state index in [1.165, 1.54) is 0 Å². The molecule has 0 bridgehead atoms. The molecule has 4 rings (SSSR count). The number of aromatic amines is 1. The zero-order chi connectivity index (χ0) is 17.4. The van der Waals surface area contributed by atoms with Gasteiger partial charge in [0, 0.05) is 16.6 Å². The molecule has 3 N–H and O–H groups in total. The molecule has 2 amide bonds. The van der Waals surface area contributed by atoms with Gasteiger partial charge in [0.1, 0.15) is 6.10 Å². The van der Waals surface area contributed by atoms with E-state index in [4.69, 9.17) is 0 Å². The minimum absolute atomic E-state index is 0.361. The molecule has 5 nitrogen and oxygen atoms in total. The molecule has 2 heterocycles. The molecule has 1 fully saturated rings. The van der Waals surface area contributed by atoms with Crippen LogP contribution < -0.4 is 5.32 Å². The fraction of sp³-hybridized carbons (Fsp3) is 0.0526. The Kier molecular flexibility index (Phi) is 3.91. The van der Waals surface area contributed by atoms with Crippen molar-refractivity contribution in [3.63, 3.8) is 0 Å². The number of benzene rings is 2. The number of hydrogen-bond acceptors (Lipinski definition) is 4. The van der Waals surface area contributed by atoms with Gasteiger partial charge in [-0.3, -0.25) is 14.9 Å². The Morgan fingerprint density at radius 2 is 1.80 bits per heavy atom. The number of amides is 2. The van der Waals surface area contributed by atoms with Gasteiger partial charge in [-0.15, -0.1) is 0 Å². The number of aromatic nitrogens is 1. The summed E-state index contributed by atoms with van der Waals surface area (Å²) in [5.74, 6) is -0.381. The number of hydrogen-bond donors (Lipinski definition) is 3. The number of aliphatic hydroxyl groups is 1. The van der Waals surface area contributed by atoms with E-state index in [1.807, 2.05) is 54.6 Å². The third kappa shape index (κ3) is 3.09. The highest BCUT2D eigenvalue weighted by molar-refractivity contribution is 8.18. The quantitative estimate of drug-likeness (QED) is 0.631. The van der Waals surface area contributed by atoms with Gasteiger partial charge < -0.3 is 10.1 Å². The van der Waals surface area contributed by atoms with E-state index in [2.05, 4.69) is 10.3 Å².